The van der Waals surface area contributed by atoms with Crippen molar-refractivity contribution in [2.45, 2.75) is 39.3 Å². The average Bonchev–Trinajstić information content (AvgIpc) is 2.75. The maximum Gasteiger partial charge on any atom is 0.226 e. The van der Waals surface area contributed by atoms with Crippen molar-refractivity contribution in [2.75, 3.05) is 31.3 Å². The number of nitrogens with zero attached hydrogens (tertiary/aromatic N) is 4. The van der Waals surface area contributed by atoms with Gasteiger partial charge in [-0.2, -0.15) is 9.97 Å². The van der Waals surface area contributed by atoms with Gasteiger partial charge in [0.1, 0.15) is 5.82 Å². The van der Waals surface area contributed by atoms with Crippen molar-refractivity contribution in [1.82, 2.24) is 19.9 Å². The monoisotopic (exact) mass is 300 g/mol. The predicted octanol–water partition coefficient (Wildman–Crippen LogP) is 2.19. The number of fused-ring (bicyclic) bond motifs is 1. The second kappa shape index (κ2) is 5.68. The van der Waals surface area contributed by atoms with Crippen LogP contribution in [0.15, 0.2) is 6.07 Å². The van der Waals surface area contributed by atoms with Crippen LogP contribution in [0.4, 0.5) is 11.8 Å². The van der Waals surface area contributed by atoms with Crippen LogP contribution in [0, 0.1) is 13.8 Å². The van der Waals surface area contributed by atoms with E-state index in [0.717, 1.165) is 41.1 Å². The molecule has 0 amide bonds. The summed E-state index contributed by atoms with van der Waals surface area (Å²) in [6, 6.07) is 3.03. The Morgan fingerprint density at radius 1 is 1.23 bits per heavy atom. The summed E-state index contributed by atoms with van der Waals surface area (Å²) in [5.41, 5.74) is 2.87. The van der Waals surface area contributed by atoms with E-state index in [9.17, 15) is 0 Å². The highest BCUT2D eigenvalue weighted by atomic mass is 15.2. The molecule has 2 aromatic rings. The number of hydrogen-bond donors (Lipinski definition) is 2. The molecule has 6 nitrogen and oxygen atoms in total. The maximum absolute atomic E-state index is 4.63. The first-order valence-corrected chi connectivity index (χ1v) is 7.78. The lowest BCUT2D eigenvalue weighted by atomic mass is 10.1. The molecule has 3 heterocycles. The molecule has 1 aliphatic heterocycles. The third-order valence-electron chi connectivity index (χ3n) is 4.45. The van der Waals surface area contributed by atoms with Crippen molar-refractivity contribution >= 4 is 22.8 Å². The summed E-state index contributed by atoms with van der Waals surface area (Å²) in [5.74, 6) is 1.48. The van der Waals surface area contributed by atoms with Crippen molar-refractivity contribution in [3.8, 4) is 0 Å². The summed E-state index contributed by atoms with van der Waals surface area (Å²) in [5, 5.41) is 7.63. The number of nitrogens with one attached hydrogen (secondary N) is 2. The van der Waals surface area contributed by atoms with Crippen LogP contribution in [-0.2, 0) is 0 Å². The molecule has 0 aliphatic carbocycles. The van der Waals surface area contributed by atoms with Gasteiger partial charge in [-0.25, -0.2) is 4.98 Å². The second-order valence-electron chi connectivity index (χ2n) is 6.29. The minimum Gasteiger partial charge on any atom is -0.372 e. The van der Waals surface area contributed by atoms with Crippen LogP contribution >= 0.6 is 0 Å². The first kappa shape index (κ1) is 15.0. The van der Waals surface area contributed by atoms with Crippen molar-refractivity contribution in [1.29, 1.82) is 0 Å². The first-order chi connectivity index (χ1) is 10.5. The zero-order valence-electron chi connectivity index (χ0n) is 13.9. The fourth-order valence-corrected chi connectivity index (χ4v) is 3.20. The van der Waals surface area contributed by atoms with Crippen molar-refractivity contribution < 1.29 is 0 Å². The molecular formula is C16H24N6. The zero-order chi connectivity index (χ0) is 15.9. The molecule has 22 heavy (non-hydrogen) atoms. The van der Waals surface area contributed by atoms with Crippen molar-refractivity contribution in [3.63, 3.8) is 0 Å². The topological polar surface area (TPSA) is 66.0 Å². The molecule has 0 saturated carbocycles. The molecule has 0 bridgehead atoms. The second-order valence-corrected chi connectivity index (χ2v) is 6.29. The zero-order valence-corrected chi connectivity index (χ0v) is 13.9. The van der Waals surface area contributed by atoms with Crippen molar-refractivity contribution in [2.24, 2.45) is 0 Å². The van der Waals surface area contributed by atoms with E-state index in [4.69, 9.17) is 0 Å². The highest BCUT2D eigenvalue weighted by Gasteiger charge is 2.26. The molecule has 118 valence electrons. The molecule has 1 saturated heterocycles. The minimum absolute atomic E-state index is 0.382. The van der Waals surface area contributed by atoms with E-state index in [2.05, 4.69) is 57.4 Å². The number of pyridine rings is 1. The number of hydrogen-bond acceptors (Lipinski definition) is 6. The van der Waals surface area contributed by atoms with E-state index < -0.39 is 0 Å². The summed E-state index contributed by atoms with van der Waals surface area (Å²) in [6.45, 7) is 7.32. The van der Waals surface area contributed by atoms with Gasteiger partial charge in [-0.1, -0.05) is 0 Å². The maximum atomic E-state index is 4.63. The molecule has 1 fully saturated rings. The SMILES string of the molecule is CNc1nc(N[C@@H]2C[C@H](C)N(C)C2)nc2nc(C)cc(C)c12. The lowest BCUT2D eigenvalue weighted by molar-refractivity contribution is 0.330. The molecule has 2 atom stereocenters. The van der Waals surface area contributed by atoms with Gasteiger partial charge in [0.15, 0.2) is 5.65 Å². The van der Waals surface area contributed by atoms with E-state index in [1.807, 2.05) is 14.0 Å². The smallest absolute Gasteiger partial charge is 0.226 e. The van der Waals surface area contributed by atoms with Crippen LogP contribution in [0.5, 0.6) is 0 Å². The highest BCUT2D eigenvalue weighted by Crippen LogP contribution is 2.26. The van der Waals surface area contributed by atoms with E-state index in [-0.39, 0.29) is 0 Å². The van der Waals surface area contributed by atoms with Crippen LogP contribution in [0.1, 0.15) is 24.6 Å². The Labute approximate surface area is 131 Å². The summed E-state index contributed by atoms with van der Waals surface area (Å²) >= 11 is 0. The fraction of sp³-hybridized carbons (Fsp3) is 0.562. The Hall–Kier alpha value is -1.95. The molecule has 0 unspecified atom stereocenters. The Morgan fingerprint density at radius 2 is 2.00 bits per heavy atom. The van der Waals surface area contributed by atoms with E-state index in [1.54, 1.807) is 0 Å². The largest absolute Gasteiger partial charge is 0.372 e. The molecular weight excluding hydrogens is 276 g/mol. The van der Waals surface area contributed by atoms with Crippen LogP contribution in [0.2, 0.25) is 0 Å². The van der Waals surface area contributed by atoms with Crippen LogP contribution in [0.3, 0.4) is 0 Å². The third kappa shape index (κ3) is 2.70. The molecule has 2 N–H and O–H groups in total. The van der Waals surface area contributed by atoms with E-state index >= 15 is 0 Å². The van der Waals surface area contributed by atoms with Gasteiger partial charge < -0.3 is 15.5 Å². The number of rotatable bonds is 3. The van der Waals surface area contributed by atoms with Gasteiger partial charge in [-0.3, -0.25) is 0 Å². The molecule has 0 spiro atoms. The normalized spacial score (nSPS) is 22.2. The van der Waals surface area contributed by atoms with Crippen LogP contribution < -0.4 is 10.6 Å². The molecule has 2 aromatic heterocycles. The number of likely N-dealkylation sites (N-methyl/N-ethyl adjacent to an activating group) is 1. The summed E-state index contributed by atoms with van der Waals surface area (Å²) in [7, 11) is 4.04. The molecule has 3 rings (SSSR count). The highest BCUT2D eigenvalue weighted by molar-refractivity contribution is 5.90. The minimum atomic E-state index is 0.382. The van der Waals surface area contributed by atoms with Gasteiger partial charge in [-0.05, 0) is 45.9 Å². The average molecular weight is 300 g/mol. The quantitative estimate of drug-likeness (QED) is 0.906. The van der Waals surface area contributed by atoms with Gasteiger partial charge in [0.05, 0.1) is 5.39 Å². The molecule has 1 aliphatic rings. The van der Waals surface area contributed by atoms with Crippen LogP contribution in [-0.4, -0.2) is 52.6 Å². The molecule has 0 aromatic carbocycles. The van der Waals surface area contributed by atoms with E-state index in [0.29, 0.717) is 18.0 Å². The van der Waals surface area contributed by atoms with Gasteiger partial charge >= 0.3 is 0 Å². The third-order valence-corrected chi connectivity index (χ3v) is 4.45. The summed E-state index contributed by atoms with van der Waals surface area (Å²) < 4.78 is 0. The predicted molar refractivity (Wildman–Crippen MR) is 90.5 cm³/mol. The first-order valence-electron chi connectivity index (χ1n) is 7.78. The van der Waals surface area contributed by atoms with E-state index in [1.165, 1.54) is 0 Å². The Bertz CT molecular complexity index is 689. The molecule has 6 heteroatoms. The fourth-order valence-electron chi connectivity index (χ4n) is 3.20. The molecule has 0 radical (unpaired) electrons. The summed E-state index contributed by atoms with van der Waals surface area (Å²) in [6.07, 6.45) is 1.10. The van der Waals surface area contributed by atoms with Crippen molar-refractivity contribution in [3.05, 3.63) is 17.3 Å². The van der Waals surface area contributed by atoms with Gasteiger partial charge in [-0.15, -0.1) is 0 Å². The number of aryl methyl sites for hydroxylation is 2. The lowest BCUT2D eigenvalue weighted by Gasteiger charge is -2.15. The number of likely N-dealkylation sites (tertiary alicyclic amines) is 1. The van der Waals surface area contributed by atoms with Gasteiger partial charge in [0.2, 0.25) is 5.95 Å². The summed E-state index contributed by atoms with van der Waals surface area (Å²) in [4.78, 5) is 16.2. The Kier molecular flexibility index (Phi) is 3.87. The van der Waals surface area contributed by atoms with Gasteiger partial charge in [0.25, 0.3) is 0 Å². The van der Waals surface area contributed by atoms with Gasteiger partial charge in [0, 0.05) is 31.4 Å². The number of aromatic nitrogens is 3. The standard InChI is InChI=1S/C16H24N6/c1-9-6-10(2)18-15-13(9)14(17-4)20-16(21-15)19-12-7-11(3)22(5)8-12/h6,11-12H,7-8H2,1-5H3,(H2,17,18,19,20,21)/t11-,12+/m0/s1. The lowest BCUT2D eigenvalue weighted by Crippen LogP contribution is -2.25. The Balaban J connectivity index is 1.97. The van der Waals surface area contributed by atoms with Crippen LogP contribution in [0.25, 0.3) is 11.0 Å². The Morgan fingerprint density at radius 3 is 2.64 bits per heavy atom. The number of anilines is 2.